The summed E-state index contributed by atoms with van der Waals surface area (Å²) in [4.78, 5) is 23.5. The highest BCUT2D eigenvalue weighted by Gasteiger charge is 2.39. The molecule has 1 N–H and O–H groups in total. The van der Waals surface area contributed by atoms with Crippen LogP contribution in [-0.4, -0.2) is 16.9 Å². The summed E-state index contributed by atoms with van der Waals surface area (Å²) >= 11 is 5.94. The van der Waals surface area contributed by atoms with Crippen molar-refractivity contribution in [1.29, 1.82) is 5.26 Å². The van der Waals surface area contributed by atoms with E-state index in [4.69, 9.17) is 21.4 Å². The lowest BCUT2D eigenvalue weighted by Gasteiger charge is -2.09. The molecule has 1 aliphatic rings. The Morgan fingerprint density at radius 1 is 1.06 bits per heavy atom. The molecule has 0 saturated heterocycles. The molecule has 1 fully saturated rings. The number of aliphatic carboxylic acids is 1. The molecule has 5 nitrogen and oxygen atoms in total. The first kappa shape index (κ1) is 21.6. The highest BCUT2D eigenvalue weighted by molar-refractivity contribution is 6.30. The topological polar surface area (TPSA) is 87.4 Å². The van der Waals surface area contributed by atoms with Crippen LogP contribution in [0.25, 0.3) is 0 Å². The molecule has 0 spiro atoms. The molecule has 0 aromatic heterocycles. The molecule has 2 unspecified atom stereocenters. The fourth-order valence-corrected chi connectivity index (χ4v) is 3.95. The van der Waals surface area contributed by atoms with Gasteiger partial charge in [-0.25, -0.2) is 0 Å². The number of ketones is 1. The van der Waals surface area contributed by atoms with E-state index < -0.39 is 5.97 Å². The summed E-state index contributed by atoms with van der Waals surface area (Å²) in [6.07, 6.45) is 1.34. The van der Waals surface area contributed by atoms with Crippen molar-refractivity contribution in [3.8, 4) is 17.6 Å². The van der Waals surface area contributed by atoms with Crippen molar-refractivity contribution in [1.82, 2.24) is 0 Å². The molecule has 0 heterocycles. The van der Waals surface area contributed by atoms with Gasteiger partial charge in [0.05, 0.1) is 12.0 Å². The number of nitrogens with zero attached hydrogens (tertiary/aromatic N) is 1. The minimum atomic E-state index is -0.964. The first-order chi connectivity index (χ1) is 15.4. The Kier molecular flexibility index (Phi) is 6.25. The van der Waals surface area contributed by atoms with Crippen LogP contribution in [0.3, 0.4) is 0 Å². The zero-order valence-electron chi connectivity index (χ0n) is 17.1. The molecule has 6 heteroatoms. The van der Waals surface area contributed by atoms with Crippen molar-refractivity contribution < 1.29 is 19.4 Å². The first-order valence-electron chi connectivity index (χ1n) is 10.2. The maximum atomic E-state index is 12.7. The van der Waals surface area contributed by atoms with Crippen LogP contribution in [0, 0.1) is 17.2 Å². The lowest BCUT2D eigenvalue weighted by molar-refractivity contribution is -0.136. The van der Waals surface area contributed by atoms with Gasteiger partial charge in [0.15, 0.2) is 5.78 Å². The number of halogens is 1. The number of Topliss-reactive ketones (excluding diaryl/α,β-unsaturated/α-hetero) is 1. The molecule has 2 atom stereocenters. The van der Waals surface area contributed by atoms with Crippen LogP contribution < -0.4 is 4.74 Å². The summed E-state index contributed by atoms with van der Waals surface area (Å²) in [5.41, 5.74) is 2.63. The van der Waals surface area contributed by atoms with Gasteiger partial charge in [-0.05, 0) is 77.9 Å². The molecule has 3 aromatic rings. The van der Waals surface area contributed by atoms with Crippen LogP contribution in [0.15, 0.2) is 66.7 Å². The van der Waals surface area contributed by atoms with Crippen molar-refractivity contribution >= 4 is 23.4 Å². The molecule has 3 aromatic carbocycles. The van der Waals surface area contributed by atoms with E-state index in [0.717, 1.165) is 6.42 Å². The third-order valence-corrected chi connectivity index (χ3v) is 5.84. The summed E-state index contributed by atoms with van der Waals surface area (Å²) in [7, 11) is 0. The lowest BCUT2D eigenvalue weighted by Crippen LogP contribution is -2.01. The SMILES string of the molecule is N#Cc1cc(CC(=O)O)ccc1Oc1ccc(C(=O)CC2CC2c2ccc(Cl)cc2)cc1. The zero-order valence-corrected chi connectivity index (χ0v) is 17.9. The minimum absolute atomic E-state index is 0.0914. The Morgan fingerprint density at radius 3 is 2.44 bits per heavy atom. The fourth-order valence-electron chi connectivity index (χ4n) is 3.82. The molecule has 160 valence electrons. The van der Waals surface area contributed by atoms with Crippen molar-refractivity contribution in [2.24, 2.45) is 5.92 Å². The van der Waals surface area contributed by atoms with Gasteiger partial charge in [0, 0.05) is 17.0 Å². The number of hydrogen-bond acceptors (Lipinski definition) is 4. The molecule has 0 aliphatic heterocycles. The third kappa shape index (κ3) is 5.16. The molecular weight excluding hydrogens is 426 g/mol. The van der Waals surface area contributed by atoms with Crippen LogP contribution in [0.5, 0.6) is 11.5 Å². The third-order valence-electron chi connectivity index (χ3n) is 5.59. The molecule has 32 heavy (non-hydrogen) atoms. The number of benzene rings is 3. The van der Waals surface area contributed by atoms with Gasteiger partial charge in [0.1, 0.15) is 17.6 Å². The highest BCUT2D eigenvalue weighted by Crippen LogP contribution is 2.50. The summed E-state index contributed by atoms with van der Waals surface area (Å²) < 4.78 is 5.78. The Bertz CT molecular complexity index is 1200. The van der Waals surface area contributed by atoms with Crippen LogP contribution in [0.4, 0.5) is 0 Å². The van der Waals surface area contributed by atoms with Gasteiger partial charge in [-0.3, -0.25) is 9.59 Å². The van der Waals surface area contributed by atoms with E-state index in [9.17, 15) is 14.9 Å². The second kappa shape index (κ2) is 9.25. The minimum Gasteiger partial charge on any atom is -0.481 e. The van der Waals surface area contributed by atoms with E-state index in [2.05, 4.69) is 0 Å². The van der Waals surface area contributed by atoms with E-state index in [1.165, 1.54) is 11.6 Å². The average Bonchev–Trinajstić information content (AvgIpc) is 3.54. The number of ether oxygens (including phenoxy) is 1. The summed E-state index contributed by atoms with van der Waals surface area (Å²) in [6.45, 7) is 0. The van der Waals surface area contributed by atoms with Crippen LogP contribution in [-0.2, 0) is 11.2 Å². The van der Waals surface area contributed by atoms with Gasteiger partial charge in [0.2, 0.25) is 0 Å². The van der Waals surface area contributed by atoms with Crippen LogP contribution in [0.1, 0.15) is 45.8 Å². The van der Waals surface area contributed by atoms with Crippen LogP contribution >= 0.6 is 11.6 Å². The standard InChI is InChI=1S/C26H20ClNO4/c27-21-6-2-17(3-7-21)23-13-19(23)14-24(29)18-4-8-22(9-5-18)32-25-10-1-16(12-26(30)31)11-20(25)15-28/h1-11,19,23H,12-14H2,(H,30,31). The molecule has 0 amide bonds. The monoisotopic (exact) mass is 445 g/mol. The molecule has 4 rings (SSSR count). The van der Waals surface area contributed by atoms with Gasteiger partial charge in [0.25, 0.3) is 0 Å². The van der Waals surface area contributed by atoms with Gasteiger partial charge >= 0.3 is 5.97 Å². The normalized spacial score (nSPS) is 16.8. The van der Waals surface area contributed by atoms with Crippen molar-refractivity contribution in [3.63, 3.8) is 0 Å². The van der Waals surface area contributed by atoms with E-state index in [0.29, 0.717) is 45.9 Å². The molecule has 0 bridgehead atoms. The van der Waals surface area contributed by atoms with Crippen molar-refractivity contribution in [2.75, 3.05) is 0 Å². The van der Waals surface area contributed by atoms with Crippen molar-refractivity contribution in [3.05, 3.63) is 94.0 Å². The maximum Gasteiger partial charge on any atom is 0.307 e. The molecular formula is C26H20ClNO4. The Hall–Kier alpha value is -3.62. The second-order valence-electron chi connectivity index (χ2n) is 7.92. The summed E-state index contributed by atoms with van der Waals surface area (Å²) in [5, 5.41) is 19.0. The van der Waals surface area contributed by atoms with Crippen LogP contribution in [0.2, 0.25) is 5.02 Å². The Morgan fingerprint density at radius 2 is 1.78 bits per heavy atom. The Balaban J connectivity index is 1.37. The number of carbonyl (C=O) groups is 2. The van der Waals surface area contributed by atoms with E-state index in [-0.39, 0.29) is 17.8 Å². The maximum absolute atomic E-state index is 12.7. The summed E-state index contributed by atoms with van der Waals surface area (Å²) in [5.74, 6) is 0.718. The number of nitriles is 1. The zero-order chi connectivity index (χ0) is 22.7. The van der Waals surface area contributed by atoms with Gasteiger partial charge in [-0.15, -0.1) is 0 Å². The van der Waals surface area contributed by atoms with E-state index >= 15 is 0 Å². The molecule has 0 radical (unpaired) electrons. The van der Waals surface area contributed by atoms with Crippen molar-refractivity contribution in [2.45, 2.75) is 25.2 Å². The number of carboxylic acids is 1. The largest absolute Gasteiger partial charge is 0.481 e. The van der Waals surface area contributed by atoms with Gasteiger partial charge in [-0.1, -0.05) is 29.8 Å². The predicted molar refractivity (Wildman–Crippen MR) is 120 cm³/mol. The molecule has 1 aliphatic carbocycles. The highest BCUT2D eigenvalue weighted by atomic mass is 35.5. The van der Waals surface area contributed by atoms with Gasteiger partial charge < -0.3 is 9.84 Å². The number of rotatable bonds is 8. The smallest absolute Gasteiger partial charge is 0.307 e. The van der Waals surface area contributed by atoms with Gasteiger partial charge in [-0.2, -0.15) is 5.26 Å². The number of carboxylic acid groups (broad SMARTS) is 1. The van der Waals surface area contributed by atoms with E-state index in [1.54, 1.807) is 36.4 Å². The fraction of sp³-hybridized carbons (Fsp3) is 0.192. The van der Waals surface area contributed by atoms with E-state index in [1.807, 2.05) is 30.3 Å². The lowest BCUT2D eigenvalue weighted by atomic mass is 10.0. The summed E-state index contributed by atoms with van der Waals surface area (Å²) in [6, 6.07) is 21.4. The number of carbonyl (C=O) groups excluding carboxylic acids is 1. The first-order valence-corrected chi connectivity index (χ1v) is 10.6. The second-order valence-corrected chi connectivity index (χ2v) is 8.36. The number of hydrogen-bond donors (Lipinski definition) is 1. The average molecular weight is 446 g/mol. The molecule has 1 saturated carbocycles. The predicted octanol–water partition coefficient (Wildman–Crippen LogP) is 6.01. The Labute approximate surface area is 190 Å². The quantitative estimate of drug-likeness (QED) is 0.429.